The smallest absolute Gasteiger partial charge is 0.0561 e. The molecular weight excluding hydrogens is 541 g/mol. The van der Waals surface area contributed by atoms with E-state index in [2.05, 4.69) is 150 Å². The molecular formula is C40H28N2S. The highest BCUT2D eigenvalue weighted by Crippen LogP contribution is 2.51. The summed E-state index contributed by atoms with van der Waals surface area (Å²) in [7, 11) is 0. The van der Waals surface area contributed by atoms with Gasteiger partial charge >= 0.3 is 0 Å². The summed E-state index contributed by atoms with van der Waals surface area (Å²) in [5, 5.41) is 5.04. The molecule has 1 aliphatic rings. The summed E-state index contributed by atoms with van der Waals surface area (Å²) in [6, 6.07) is 46.0. The minimum Gasteiger partial charge on any atom is -0.310 e. The lowest BCUT2D eigenvalue weighted by Crippen LogP contribution is -2.19. The van der Waals surface area contributed by atoms with Gasteiger partial charge in [-0.05, 0) is 71.6 Å². The van der Waals surface area contributed by atoms with Crippen molar-refractivity contribution >= 4 is 70.7 Å². The molecule has 0 radical (unpaired) electrons. The van der Waals surface area contributed by atoms with Gasteiger partial charge in [0, 0.05) is 53.9 Å². The van der Waals surface area contributed by atoms with E-state index in [1.165, 1.54) is 42.1 Å². The predicted molar refractivity (Wildman–Crippen MR) is 188 cm³/mol. The molecule has 8 rings (SSSR count). The topological polar surface area (TPSA) is 6.48 Å². The normalized spacial score (nSPS) is 12.2. The number of hydrogen-bond donors (Lipinski definition) is 0. The van der Waals surface area contributed by atoms with Crippen molar-refractivity contribution in [3.05, 3.63) is 164 Å². The van der Waals surface area contributed by atoms with Crippen LogP contribution in [0.2, 0.25) is 0 Å². The molecule has 2 heterocycles. The van der Waals surface area contributed by atoms with Crippen LogP contribution in [0.15, 0.2) is 164 Å². The van der Waals surface area contributed by atoms with Crippen LogP contribution in [0.5, 0.6) is 0 Å². The van der Waals surface area contributed by atoms with Crippen LogP contribution in [0.25, 0.3) is 42.1 Å². The first-order valence-electron chi connectivity index (χ1n) is 14.4. The van der Waals surface area contributed by atoms with Gasteiger partial charge in [0.2, 0.25) is 0 Å². The molecule has 6 aromatic carbocycles. The van der Waals surface area contributed by atoms with Crippen LogP contribution in [0.4, 0.5) is 28.4 Å². The third-order valence-corrected chi connectivity index (χ3v) is 9.39. The molecule has 7 aromatic rings. The van der Waals surface area contributed by atoms with Crippen molar-refractivity contribution in [3.63, 3.8) is 0 Å². The van der Waals surface area contributed by atoms with E-state index < -0.39 is 0 Å². The summed E-state index contributed by atoms with van der Waals surface area (Å²) in [6.07, 6.45) is 5.77. The number of rotatable bonds is 6. The maximum absolute atomic E-state index is 4.50. The molecule has 0 amide bonds. The zero-order valence-corrected chi connectivity index (χ0v) is 24.4. The molecule has 0 saturated heterocycles. The second-order valence-corrected chi connectivity index (χ2v) is 11.8. The van der Waals surface area contributed by atoms with E-state index in [9.17, 15) is 0 Å². The Balaban J connectivity index is 1.37. The fourth-order valence-electron chi connectivity index (χ4n) is 6.37. The molecule has 0 unspecified atom stereocenters. The van der Waals surface area contributed by atoms with Crippen LogP contribution >= 0.6 is 11.3 Å². The van der Waals surface area contributed by atoms with Gasteiger partial charge in [-0.2, -0.15) is 0 Å². The van der Waals surface area contributed by atoms with Crippen LogP contribution < -0.4 is 9.80 Å². The van der Waals surface area contributed by atoms with Crippen molar-refractivity contribution in [2.24, 2.45) is 0 Å². The van der Waals surface area contributed by atoms with Gasteiger partial charge < -0.3 is 9.80 Å². The Morgan fingerprint density at radius 2 is 1.37 bits per heavy atom. The molecule has 0 N–H and O–H groups in total. The van der Waals surface area contributed by atoms with Crippen molar-refractivity contribution in [2.45, 2.75) is 0 Å². The number of nitrogens with zero attached hydrogens (tertiary/aromatic N) is 2. The molecule has 43 heavy (non-hydrogen) atoms. The number of benzene rings is 6. The highest BCUT2D eigenvalue weighted by molar-refractivity contribution is 7.25. The second-order valence-electron chi connectivity index (χ2n) is 10.8. The lowest BCUT2D eigenvalue weighted by Gasteiger charge is -2.35. The number of para-hydroxylation sites is 1. The Hall–Kier alpha value is -5.38. The minimum absolute atomic E-state index is 0.887. The minimum atomic E-state index is 0.887. The summed E-state index contributed by atoms with van der Waals surface area (Å²) in [6.45, 7) is 8.39. The third-order valence-electron chi connectivity index (χ3n) is 8.24. The van der Waals surface area contributed by atoms with E-state index in [1.807, 2.05) is 23.5 Å². The lowest BCUT2D eigenvalue weighted by atomic mass is 9.90. The monoisotopic (exact) mass is 568 g/mol. The van der Waals surface area contributed by atoms with E-state index in [4.69, 9.17) is 0 Å². The molecule has 1 aliphatic heterocycles. The van der Waals surface area contributed by atoms with E-state index in [0.29, 0.717) is 0 Å². The summed E-state index contributed by atoms with van der Waals surface area (Å²) in [5.41, 5.74) is 8.87. The van der Waals surface area contributed by atoms with Crippen molar-refractivity contribution in [1.29, 1.82) is 0 Å². The van der Waals surface area contributed by atoms with Crippen LogP contribution in [0.1, 0.15) is 0 Å². The number of fused-ring (bicyclic) bond motifs is 5. The third kappa shape index (κ3) is 4.09. The first kappa shape index (κ1) is 25.3. The molecule has 1 aromatic heterocycles. The lowest BCUT2D eigenvalue weighted by molar-refractivity contribution is 1.21. The van der Waals surface area contributed by atoms with E-state index in [0.717, 1.165) is 34.1 Å². The molecule has 3 heteroatoms. The van der Waals surface area contributed by atoms with Gasteiger partial charge in [0.25, 0.3) is 0 Å². The summed E-state index contributed by atoms with van der Waals surface area (Å²) < 4.78 is 2.61. The molecule has 0 fully saturated rings. The molecule has 0 atom stereocenters. The zero-order valence-electron chi connectivity index (χ0n) is 23.6. The average molecular weight is 569 g/mol. The largest absolute Gasteiger partial charge is 0.310 e. The van der Waals surface area contributed by atoms with Crippen molar-refractivity contribution < 1.29 is 0 Å². The Labute approximate surface area is 255 Å². The first-order valence-corrected chi connectivity index (χ1v) is 15.2. The Bertz CT molecular complexity index is 2230. The fraction of sp³-hybridized carbons (Fsp3) is 0. The summed E-state index contributed by atoms with van der Waals surface area (Å²) in [4.78, 5) is 4.64. The maximum Gasteiger partial charge on any atom is 0.0561 e. The zero-order chi connectivity index (χ0) is 28.9. The van der Waals surface area contributed by atoms with Crippen molar-refractivity contribution in [3.8, 4) is 11.1 Å². The maximum atomic E-state index is 4.50. The summed E-state index contributed by atoms with van der Waals surface area (Å²) >= 11 is 1.84. The Morgan fingerprint density at radius 3 is 2.23 bits per heavy atom. The molecule has 2 nitrogen and oxygen atoms in total. The first-order chi connectivity index (χ1) is 21.2. The van der Waals surface area contributed by atoms with Crippen molar-refractivity contribution in [1.82, 2.24) is 0 Å². The quantitative estimate of drug-likeness (QED) is 0.184. The molecule has 0 aliphatic carbocycles. The number of anilines is 5. The predicted octanol–water partition coefficient (Wildman–Crippen LogP) is 12.1. The van der Waals surface area contributed by atoms with Crippen LogP contribution in [-0.2, 0) is 0 Å². The highest BCUT2D eigenvalue weighted by atomic mass is 32.1. The number of hydrogen-bond acceptors (Lipinski definition) is 3. The summed E-state index contributed by atoms with van der Waals surface area (Å²) in [5.74, 6) is 0. The number of allylic oxidation sites excluding steroid dienone is 3. The van der Waals surface area contributed by atoms with Crippen LogP contribution in [-0.4, -0.2) is 0 Å². The molecule has 0 spiro atoms. The van der Waals surface area contributed by atoms with Gasteiger partial charge in [-0.3, -0.25) is 0 Å². The van der Waals surface area contributed by atoms with E-state index in [1.54, 1.807) is 6.08 Å². The van der Waals surface area contributed by atoms with Gasteiger partial charge in [0.1, 0.15) is 0 Å². The Morgan fingerprint density at radius 1 is 0.628 bits per heavy atom. The van der Waals surface area contributed by atoms with E-state index in [-0.39, 0.29) is 0 Å². The van der Waals surface area contributed by atoms with Gasteiger partial charge in [-0.25, -0.2) is 0 Å². The van der Waals surface area contributed by atoms with Crippen LogP contribution in [0, 0.1) is 0 Å². The van der Waals surface area contributed by atoms with Gasteiger partial charge in [-0.15, -0.1) is 11.3 Å². The van der Waals surface area contributed by atoms with Crippen LogP contribution in [0.3, 0.4) is 0 Å². The Kier molecular flexibility index (Phi) is 5.99. The van der Waals surface area contributed by atoms with Gasteiger partial charge in [0.05, 0.1) is 11.4 Å². The van der Waals surface area contributed by atoms with Gasteiger partial charge in [-0.1, -0.05) is 98.1 Å². The fourth-order valence-corrected chi connectivity index (χ4v) is 7.46. The van der Waals surface area contributed by atoms with Gasteiger partial charge in [0.15, 0.2) is 0 Å². The number of thiophene rings is 1. The standard InChI is InChI=1S/C40H28N2S/c1-3-4-12-27(2)41-36-19-11-14-28-13-10-18-34(40(28)36)32-23-21-31(26-37(32)41)42(29-15-6-5-7-16-29)30-22-24-39-35(25-30)33-17-8-9-20-38(33)43-39/h3-26H,1-2H2/b12-4-. The molecule has 204 valence electrons. The molecule has 0 bridgehead atoms. The van der Waals surface area contributed by atoms with Crippen molar-refractivity contribution in [2.75, 3.05) is 9.80 Å². The average Bonchev–Trinajstić information content (AvgIpc) is 3.43. The highest BCUT2D eigenvalue weighted by Gasteiger charge is 2.27. The van der Waals surface area contributed by atoms with E-state index >= 15 is 0 Å². The SMILES string of the molecule is C=C/C=C\C(=C)N1c2cc(N(c3ccccc3)c3ccc4sc5ccccc5c4c3)ccc2-c2cccc3cccc1c23. The molecule has 0 saturated carbocycles. The second kappa shape index (κ2) is 10.2.